The summed E-state index contributed by atoms with van der Waals surface area (Å²) < 4.78 is 5.03. The molecule has 4 heteroatoms. The van der Waals surface area contributed by atoms with Gasteiger partial charge in [-0.25, -0.2) is 9.97 Å². The molecular weight excluding hydrogens is 216 g/mol. The zero-order valence-electron chi connectivity index (χ0n) is 9.37. The molecule has 0 radical (unpaired) electrons. The molecule has 2 aromatic rings. The molecule has 0 aliphatic heterocycles. The molecular formula is C13H12N2O2. The van der Waals surface area contributed by atoms with Gasteiger partial charge < -0.3 is 9.84 Å². The highest BCUT2D eigenvalue weighted by Gasteiger charge is 2.00. The lowest BCUT2D eigenvalue weighted by molar-refractivity contribution is 0.373. The van der Waals surface area contributed by atoms with Crippen molar-refractivity contribution in [2.24, 2.45) is 0 Å². The van der Waals surface area contributed by atoms with Gasteiger partial charge in [0.15, 0.2) is 11.5 Å². The lowest BCUT2D eigenvalue weighted by atomic mass is 10.2. The Balaban J connectivity index is 2.22. The van der Waals surface area contributed by atoms with Crippen molar-refractivity contribution in [3.63, 3.8) is 0 Å². The first-order chi connectivity index (χ1) is 8.29. The van der Waals surface area contributed by atoms with Crippen molar-refractivity contribution in [2.45, 2.75) is 0 Å². The van der Waals surface area contributed by atoms with Gasteiger partial charge in [-0.05, 0) is 29.8 Å². The Morgan fingerprint density at radius 1 is 1.24 bits per heavy atom. The zero-order valence-corrected chi connectivity index (χ0v) is 9.37. The second-order valence-corrected chi connectivity index (χ2v) is 3.40. The van der Waals surface area contributed by atoms with E-state index in [1.165, 1.54) is 13.4 Å². The molecule has 0 amide bonds. The fourth-order valence-electron chi connectivity index (χ4n) is 1.38. The average molecular weight is 228 g/mol. The summed E-state index contributed by atoms with van der Waals surface area (Å²) in [6.45, 7) is 0. The van der Waals surface area contributed by atoms with Crippen molar-refractivity contribution >= 4 is 12.2 Å². The lowest BCUT2D eigenvalue weighted by Gasteiger charge is -2.03. The maximum absolute atomic E-state index is 9.45. The predicted octanol–water partition coefficient (Wildman–Crippen LogP) is 2.36. The van der Waals surface area contributed by atoms with Crippen LogP contribution in [0.15, 0.2) is 36.8 Å². The van der Waals surface area contributed by atoms with Crippen molar-refractivity contribution in [1.29, 1.82) is 0 Å². The molecule has 0 unspecified atom stereocenters. The standard InChI is InChI=1S/C13H12N2O2/c1-17-13-8-10(3-5-12(13)16)2-4-11-6-7-14-9-15-11/h2-9,16H,1H3/b4-2+. The molecule has 1 heterocycles. The number of aromatic nitrogens is 2. The fourth-order valence-corrected chi connectivity index (χ4v) is 1.38. The molecule has 0 saturated carbocycles. The van der Waals surface area contributed by atoms with E-state index in [1.807, 2.05) is 18.2 Å². The second-order valence-electron chi connectivity index (χ2n) is 3.40. The first kappa shape index (κ1) is 11.1. The van der Waals surface area contributed by atoms with E-state index in [1.54, 1.807) is 24.4 Å². The number of nitrogens with zero attached hydrogens (tertiary/aromatic N) is 2. The summed E-state index contributed by atoms with van der Waals surface area (Å²) >= 11 is 0. The van der Waals surface area contributed by atoms with E-state index >= 15 is 0 Å². The molecule has 0 bridgehead atoms. The molecule has 0 spiro atoms. The largest absolute Gasteiger partial charge is 0.504 e. The third-order valence-corrected chi connectivity index (χ3v) is 2.26. The molecule has 86 valence electrons. The SMILES string of the molecule is COc1cc(/C=C/c2ccncn2)ccc1O. The number of phenolic OH excluding ortho intramolecular Hbond substituents is 1. The van der Waals surface area contributed by atoms with Crippen LogP contribution < -0.4 is 4.74 Å². The summed E-state index contributed by atoms with van der Waals surface area (Å²) in [4.78, 5) is 7.92. The van der Waals surface area contributed by atoms with Crippen LogP contribution in [0.4, 0.5) is 0 Å². The van der Waals surface area contributed by atoms with E-state index in [0.717, 1.165) is 11.3 Å². The number of rotatable bonds is 3. The van der Waals surface area contributed by atoms with Crippen LogP contribution in [0.2, 0.25) is 0 Å². The highest BCUT2D eigenvalue weighted by molar-refractivity contribution is 5.69. The number of ether oxygens (including phenoxy) is 1. The first-order valence-corrected chi connectivity index (χ1v) is 5.10. The van der Waals surface area contributed by atoms with Gasteiger partial charge in [0.25, 0.3) is 0 Å². The van der Waals surface area contributed by atoms with Gasteiger partial charge >= 0.3 is 0 Å². The quantitative estimate of drug-likeness (QED) is 0.876. The molecule has 4 nitrogen and oxygen atoms in total. The number of benzene rings is 1. The number of hydrogen-bond donors (Lipinski definition) is 1. The Morgan fingerprint density at radius 2 is 2.12 bits per heavy atom. The minimum absolute atomic E-state index is 0.131. The van der Waals surface area contributed by atoms with Crippen LogP contribution in [0.3, 0.4) is 0 Å². The van der Waals surface area contributed by atoms with Crippen molar-refractivity contribution in [2.75, 3.05) is 7.11 Å². The van der Waals surface area contributed by atoms with Crippen LogP contribution in [0, 0.1) is 0 Å². The molecule has 1 aromatic carbocycles. The topological polar surface area (TPSA) is 55.2 Å². The number of methoxy groups -OCH3 is 1. The molecule has 1 aromatic heterocycles. The van der Waals surface area contributed by atoms with Crippen molar-refractivity contribution < 1.29 is 9.84 Å². The summed E-state index contributed by atoms with van der Waals surface area (Å²) in [5, 5.41) is 9.45. The van der Waals surface area contributed by atoms with Crippen LogP contribution in [0.5, 0.6) is 11.5 Å². The van der Waals surface area contributed by atoms with Crippen LogP contribution >= 0.6 is 0 Å². The Bertz CT molecular complexity index is 524. The van der Waals surface area contributed by atoms with Crippen molar-refractivity contribution in [1.82, 2.24) is 9.97 Å². The van der Waals surface area contributed by atoms with Crippen molar-refractivity contribution in [3.8, 4) is 11.5 Å². The molecule has 1 N–H and O–H groups in total. The van der Waals surface area contributed by atoms with Gasteiger partial charge in [0, 0.05) is 6.20 Å². The third-order valence-electron chi connectivity index (χ3n) is 2.26. The Labute approximate surface area is 99.2 Å². The second kappa shape index (κ2) is 5.12. The number of hydrogen-bond acceptors (Lipinski definition) is 4. The normalized spacial score (nSPS) is 10.6. The van der Waals surface area contributed by atoms with Gasteiger partial charge in [-0.1, -0.05) is 12.1 Å². The van der Waals surface area contributed by atoms with Crippen LogP contribution in [-0.4, -0.2) is 22.2 Å². The minimum Gasteiger partial charge on any atom is -0.504 e. The molecule has 0 atom stereocenters. The van der Waals surface area contributed by atoms with E-state index in [-0.39, 0.29) is 5.75 Å². The van der Waals surface area contributed by atoms with E-state index in [2.05, 4.69) is 9.97 Å². The lowest BCUT2D eigenvalue weighted by Crippen LogP contribution is -1.84. The first-order valence-electron chi connectivity index (χ1n) is 5.10. The monoisotopic (exact) mass is 228 g/mol. The van der Waals surface area contributed by atoms with Gasteiger partial charge in [-0.3, -0.25) is 0 Å². The Hall–Kier alpha value is -2.36. The highest BCUT2D eigenvalue weighted by Crippen LogP contribution is 2.26. The highest BCUT2D eigenvalue weighted by atomic mass is 16.5. The fraction of sp³-hybridized carbons (Fsp3) is 0.0769. The zero-order chi connectivity index (χ0) is 12.1. The van der Waals surface area contributed by atoms with Gasteiger partial charge in [0.05, 0.1) is 12.8 Å². The minimum atomic E-state index is 0.131. The molecule has 17 heavy (non-hydrogen) atoms. The van der Waals surface area contributed by atoms with Crippen molar-refractivity contribution in [3.05, 3.63) is 48.0 Å². The summed E-state index contributed by atoms with van der Waals surface area (Å²) in [7, 11) is 1.52. The predicted molar refractivity (Wildman–Crippen MR) is 65.6 cm³/mol. The van der Waals surface area contributed by atoms with Crippen LogP contribution in [0.1, 0.15) is 11.3 Å². The Morgan fingerprint density at radius 3 is 2.82 bits per heavy atom. The maximum Gasteiger partial charge on any atom is 0.161 e. The van der Waals surface area contributed by atoms with Gasteiger partial charge in [0.1, 0.15) is 6.33 Å². The summed E-state index contributed by atoms with van der Waals surface area (Å²) in [6.07, 6.45) is 6.94. The van der Waals surface area contributed by atoms with E-state index in [9.17, 15) is 5.11 Å². The third kappa shape index (κ3) is 2.81. The Kier molecular flexibility index (Phi) is 3.35. The summed E-state index contributed by atoms with van der Waals surface area (Å²) in [6, 6.07) is 6.97. The van der Waals surface area contributed by atoms with Crippen LogP contribution in [0.25, 0.3) is 12.2 Å². The summed E-state index contributed by atoms with van der Waals surface area (Å²) in [5.74, 6) is 0.585. The van der Waals surface area contributed by atoms with Gasteiger partial charge in [0.2, 0.25) is 0 Å². The molecule has 2 rings (SSSR count). The van der Waals surface area contributed by atoms with E-state index < -0.39 is 0 Å². The molecule has 0 aliphatic carbocycles. The van der Waals surface area contributed by atoms with Crippen LogP contribution in [-0.2, 0) is 0 Å². The van der Waals surface area contributed by atoms with E-state index in [4.69, 9.17) is 4.74 Å². The van der Waals surface area contributed by atoms with E-state index in [0.29, 0.717) is 5.75 Å². The van der Waals surface area contributed by atoms with Gasteiger partial charge in [-0.2, -0.15) is 0 Å². The number of aromatic hydroxyl groups is 1. The maximum atomic E-state index is 9.45. The smallest absolute Gasteiger partial charge is 0.161 e. The average Bonchev–Trinajstić information content (AvgIpc) is 2.39. The van der Waals surface area contributed by atoms with Gasteiger partial charge in [-0.15, -0.1) is 0 Å². The number of phenols is 1. The summed E-state index contributed by atoms with van der Waals surface area (Å²) in [5.41, 5.74) is 1.75. The molecule has 0 aliphatic rings. The molecule has 0 fully saturated rings. The molecule has 0 saturated heterocycles.